The number of ether oxygens (including phenoxy) is 1. The molecule has 1 heterocycles. The van der Waals surface area contributed by atoms with Gasteiger partial charge in [0, 0.05) is 14.6 Å². The Kier molecular flexibility index (Phi) is 5.63. The third-order valence-electron chi connectivity index (χ3n) is 2.98. The van der Waals surface area contributed by atoms with Gasteiger partial charge in [0.25, 0.3) is 5.91 Å². The number of hydrogen-bond donors (Lipinski definition) is 1. The minimum absolute atomic E-state index is 0.296. The van der Waals surface area contributed by atoms with Crippen molar-refractivity contribution in [1.82, 2.24) is 0 Å². The van der Waals surface area contributed by atoms with E-state index < -0.39 is 5.97 Å². The molecule has 0 fully saturated rings. The van der Waals surface area contributed by atoms with Gasteiger partial charge in [0.1, 0.15) is 0 Å². The first-order chi connectivity index (χ1) is 10.5. The predicted octanol–water partition coefficient (Wildman–Crippen LogP) is 3.88. The van der Waals surface area contributed by atoms with E-state index in [-0.39, 0.29) is 12.5 Å². The summed E-state index contributed by atoms with van der Waals surface area (Å²) in [5, 5.41) is 2.75. The fourth-order valence-corrected chi connectivity index (χ4v) is 3.44. The van der Waals surface area contributed by atoms with Gasteiger partial charge in [0.05, 0.1) is 11.3 Å². The van der Waals surface area contributed by atoms with Crippen LogP contribution in [-0.2, 0) is 9.53 Å². The van der Waals surface area contributed by atoms with Gasteiger partial charge in [-0.2, -0.15) is 0 Å². The number of thiophene rings is 1. The molecule has 0 saturated heterocycles. The number of para-hydroxylation sites is 1. The number of thioether (sulfide) groups is 1. The zero-order valence-corrected chi connectivity index (χ0v) is 14.3. The van der Waals surface area contributed by atoms with Crippen molar-refractivity contribution in [3.63, 3.8) is 0 Å². The maximum atomic E-state index is 12.0. The Morgan fingerprint density at radius 1 is 1.27 bits per heavy atom. The third kappa shape index (κ3) is 4.11. The van der Waals surface area contributed by atoms with E-state index in [0.29, 0.717) is 5.56 Å². The van der Waals surface area contributed by atoms with Gasteiger partial charge in [-0.15, -0.1) is 23.1 Å². The first-order valence-electron chi connectivity index (χ1n) is 6.68. The highest BCUT2D eigenvalue weighted by molar-refractivity contribution is 7.98. The summed E-state index contributed by atoms with van der Waals surface area (Å²) in [4.78, 5) is 26.8. The Hall–Kier alpha value is -1.79. The molecule has 2 rings (SSSR count). The Labute approximate surface area is 137 Å². The Morgan fingerprint density at radius 2 is 2.00 bits per heavy atom. The molecule has 1 amide bonds. The van der Waals surface area contributed by atoms with Crippen LogP contribution in [0.25, 0.3) is 0 Å². The lowest BCUT2D eigenvalue weighted by Crippen LogP contribution is -2.21. The van der Waals surface area contributed by atoms with Crippen LogP contribution in [0, 0.1) is 13.8 Å². The molecule has 2 aromatic rings. The number of carbonyl (C=O) groups is 2. The molecule has 0 bridgehead atoms. The fourth-order valence-electron chi connectivity index (χ4n) is 1.98. The van der Waals surface area contributed by atoms with Crippen LogP contribution in [0.15, 0.2) is 35.2 Å². The molecule has 1 aromatic heterocycles. The van der Waals surface area contributed by atoms with Gasteiger partial charge in [-0.3, -0.25) is 4.79 Å². The number of amides is 1. The Morgan fingerprint density at radius 3 is 2.64 bits per heavy atom. The van der Waals surface area contributed by atoms with Gasteiger partial charge >= 0.3 is 5.97 Å². The Balaban J connectivity index is 1.93. The molecular formula is C16H17NO3S2. The highest BCUT2D eigenvalue weighted by atomic mass is 32.2. The van der Waals surface area contributed by atoms with E-state index in [0.717, 1.165) is 20.3 Å². The van der Waals surface area contributed by atoms with Gasteiger partial charge < -0.3 is 10.1 Å². The molecule has 0 unspecified atom stereocenters. The van der Waals surface area contributed by atoms with Gasteiger partial charge in [0.2, 0.25) is 0 Å². The predicted molar refractivity (Wildman–Crippen MR) is 90.9 cm³/mol. The molecule has 0 radical (unpaired) electrons. The van der Waals surface area contributed by atoms with Gasteiger partial charge in [-0.1, -0.05) is 12.1 Å². The van der Waals surface area contributed by atoms with E-state index in [4.69, 9.17) is 4.74 Å². The van der Waals surface area contributed by atoms with Crippen molar-refractivity contribution in [3.05, 3.63) is 45.6 Å². The third-order valence-corrected chi connectivity index (χ3v) is 4.74. The summed E-state index contributed by atoms with van der Waals surface area (Å²) < 4.78 is 5.08. The second-order valence-electron chi connectivity index (χ2n) is 4.65. The van der Waals surface area contributed by atoms with Crippen molar-refractivity contribution in [2.24, 2.45) is 0 Å². The van der Waals surface area contributed by atoms with Crippen molar-refractivity contribution < 1.29 is 14.3 Å². The van der Waals surface area contributed by atoms with E-state index in [1.165, 1.54) is 11.3 Å². The monoisotopic (exact) mass is 335 g/mol. The number of rotatable bonds is 5. The van der Waals surface area contributed by atoms with Crippen molar-refractivity contribution >= 4 is 40.7 Å². The van der Waals surface area contributed by atoms with Crippen molar-refractivity contribution in [2.45, 2.75) is 18.7 Å². The topological polar surface area (TPSA) is 55.4 Å². The standard InChI is InChI=1S/C16H17NO3S2/c1-10-8-12(11(2)22-10)16(19)20-9-15(18)17-13-6-4-5-7-14(13)21-3/h4-8H,9H2,1-3H3,(H,17,18). The van der Waals surface area contributed by atoms with E-state index in [9.17, 15) is 9.59 Å². The number of benzene rings is 1. The highest BCUT2D eigenvalue weighted by Crippen LogP contribution is 2.24. The van der Waals surface area contributed by atoms with Crippen LogP contribution >= 0.6 is 23.1 Å². The van der Waals surface area contributed by atoms with E-state index in [2.05, 4.69) is 5.32 Å². The number of esters is 1. The zero-order valence-electron chi connectivity index (χ0n) is 12.6. The van der Waals surface area contributed by atoms with Crippen molar-refractivity contribution in [1.29, 1.82) is 0 Å². The molecule has 0 aliphatic heterocycles. The van der Waals surface area contributed by atoms with Crippen LogP contribution < -0.4 is 5.32 Å². The summed E-state index contributed by atoms with van der Waals surface area (Å²) in [5.74, 6) is -0.811. The summed E-state index contributed by atoms with van der Waals surface area (Å²) in [6.45, 7) is 3.50. The first kappa shape index (κ1) is 16.6. The minimum Gasteiger partial charge on any atom is -0.452 e. The summed E-state index contributed by atoms with van der Waals surface area (Å²) in [6.07, 6.45) is 1.94. The van der Waals surface area contributed by atoms with Gasteiger partial charge in [-0.05, 0) is 38.3 Å². The highest BCUT2D eigenvalue weighted by Gasteiger charge is 2.15. The number of aryl methyl sites for hydroxylation is 2. The van der Waals surface area contributed by atoms with E-state index in [1.54, 1.807) is 17.8 Å². The molecule has 6 heteroatoms. The SMILES string of the molecule is CSc1ccccc1NC(=O)COC(=O)c1cc(C)sc1C. The molecule has 4 nitrogen and oxygen atoms in total. The lowest BCUT2D eigenvalue weighted by molar-refractivity contribution is -0.119. The summed E-state index contributed by atoms with van der Waals surface area (Å²) >= 11 is 3.08. The molecule has 116 valence electrons. The molecule has 22 heavy (non-hydrogen) atoms. The molecule has 0 aliphatic carbocycles. The first-order valence-corrected chi connectivity index (χ1v) is 8.72. The van der Waals surface area contributed by atoms with Crippen LogP contribution in [0.1, 0.15) is 20.1 Å². The molecule has 0 atom stereocenters. The maximum absolute atomic E-state index is 12.0. The van der Waals surface area contributed by atoms with E-state index in [1.807, 2.05) is 44.4 Å². The average molecular weight is 335 g/mol. The normalized spacial score (nSPS) is 10.3. The molecule has 0 saturated carbocycles. The van der Waals surface area contributed by atoms with Crippen molar-refractivity contribution in [3.8, 4) is 0 Å². The second kappa shape index (κ2) is 7.47. The lowest BCUT2D eigenvalue weighted by atomic mass is 10.2. The molecular weight excluding hydrogens is 318 g/mol. The molecule has 1 N–H and O–H groups in total. The van der Waals surface area contributed by atoms with Crippen LogP contribution in [0.3, 0.4) is 0 Å². The summed E-state index contributed by atoms with van der Waals surface area (Å²) in [7, 11) is 0. The quantitative estimate of drug-likeness (QED) is 0.665. The summed E-state index contributed by atoms with van der Waals surface area (Å²) in [5.41, 5.74) is 1.25. The molecule has 0 spiro atoms. The minimum atomic E-state index is -0.463. The van der Waals surface area contributed by atoms with Crippen LogP contribution in [0.5, 0.6) is 0 Å². The second-order valence-corrected chi connectivity index (χ2v) is 6.96. The van der Waals surface area contributed by atoms with Crippen LogP contribution in [0.4, 0.5) is 5.69 Å². The lowest BCUT2D eigenvalue weighted by Gasteiger charge is -2.09. The van der Waals surface area contributed by atoms with Gasteiger partial charge in [-0.25, -0.2) is 4.79 Å². The average Bonchev–Trinajstić information content (AvgIpc) is 2.84. The number of carbonyl (C=O) groups excluding carboxylic acids is 2. The Bertz CT molecular complexity index is 694. The number of nitrogens with one attached hydrogen (secondary N) is 1. The maximum Gasteiger partial charge on any atom is 0.339 e. The van der Waals surface area contributed by atoms with E-state index >= 15 is 0 Å². The smallest absolute Gasteiger partial charge is 0.339 e. The number of anilines is 1. The molecule has 0 aliphatic rings. The van der Waals surface area contributed by atoms with Gasteiger partial charge in [0.15, 0.2) is 6.61 Å². The van der Waals surface area contributed by atoms with Crippen LogP contribution in [0.2, 0.25) is 0 Å². The fraction of sp³-hybridized carbons (Fsp3) is 0.250. The zero-order chi connectivity index (χ0) is 16.1. The number of hydrogen-bond acceptors (Lipinski definition) is 5. The molecule has 1 aromatic carbocycles. The largest absolute Gasteiger partial charge is 0.452 e. The van der Waals surface area contributed by atoms with Crippen molar-refractivity contribution in [2.75, 3.05) is 18.2 Å². The van der Waals surface area contributed by atoms with Crippen LogP contribution in [-0.4, -0.2) is 24.7 Å². The summed E-state index contributed by atoms with van der Waals surface area (Å²) in [6, 6.07) is 9.27.